The summed E-state index contributed by atoms with van der Waals surface area (Å²) >= 11 is 5.43. The number of nitrogens with zero attached hydrogens (tertiary/aromatic N) is 1. The Morgan fingerprint density at radius 1 is 1.58 bits per heavy atom. The number of benzene rings is 1. The van der Waals surface area contributed by atoms with Crippen molar-refractivity contribution >= 4 is 23.0 Å². The van der Waals surface area contributed by atoms with Crippen LogP contribution in [0.3, 0.4) is 0 Å². The molecule has 1 heterocycles. The van der Waals surface area contributed by atoms with Gasteiger partial charge in [0.1, 0.15) is 5.75 Å². The maximum absolute atomic E-state index is 9.24. The lowest BCUT2D eigenvalue weighted by atomic mass is 9.99. The number of nitrogens with one attached hydrogen (secondary N) is 1. The van der Waals surface area contributed by atoms with Gasteiger partial charge in [-0.2, -0.15) is 0 Å². The normalized spacial score (nSPS) is 19.1. The first-order chi connectivity index (χ1) is 9.22. The third-order valence-electron chi connectivity index (χ3n) is 3.39. The smallest absolute Gasteiger partial charge is 0.173 e. The Balaban J connectivity index is 1.96. The Morgan fingerprint density at radius 3 is 3.16 bits per heavy atom. The van der Waals surface area contributed by atoms with E-state index < -0.39 is 0 Å². The number of methoxy groups -OCH3 is 1. The zero-order valence-corrected chi connectivity index (χ0v) is 11.9. The standard InChI is InChI=1S/C14H20N2O2S/c1-18-13-6-2-5-12(8-13)15-14(19)16-7-3-4-11(9-16)10-17/h2,5-6,8,11,17H,3-4,7,9-10H2,1H3,(H,15,19). The van der Waals surface area contributed by atoms with Gasteiger partial charge >= 0.3 is 0 Å². The van der Waals surface area contributed by atoms with E-state index in [0.717, 1.165) is 37.4 Å². The average Bonchev–Trinajstić information content (AvgIpc) is 2.47. The second kappa shape index (κ2) is 6.73. The molecule has 0 saturated carbocycles. The molecule has 1 atom stereocenters. The maximum Gasteiger partial charge on any atom is 0.173 e. The second-order valence-electron chi connectivity index (χ2n) is 4.80. The van der Waals surface area contributed by atoms with Gasteiger partial charge in [0.15, 0.2) is 5.11 Å². The number of ether oxygens (including phenoxy) is 1. The predicted octanol–water partition coefficient (Wildman–Crippen LogP) is 2.10. The summed E-state index contributed by atoms with van der Waals surface area (Å²) in [4.78, 5) is 2.12. The van der Waals surface area contributed by atoms with E-state index in [1.807, 2.05) is 24.3 Å². The molecule has 0 radical (unpaired) electrons. The fourth-order valence-electron chi connectivity index (χ4n) is 2.30. The van der Waals surface area contributed by atoms with Crippen molar-refractivity contribution in [1.82, 2.24) is 4.90 Å². The molecule has 1 saturated heterocycles. The van der Waals surface area contributed by atoms with Crippen molar-refractivity contribution < 1.29 is 9.84 Å². The molecule has 4 nitrogen and oxygen atoms in total. The van der Waals surface area contributed by atoms with E-state index in [4.69, 9.17) is 17.0 Å². The lowest BCUT2D eigenvalue weighted by molar-refractivity contribution is 0.162. The number of aliphatic hydroxyl groups excluding tert-OH is 1. The number of anilines is 1. The molecule has 104 valence electrons. The highest BCUT2D eigenvalue weighted by Gasteiger charge is 2.21. The Morgan fingerprint density at radius 2 is 2.42 bits per heavy atom. The third kappa shape index (κ3) is 3.81. The number of rotatable bonds is 3. The van der Waals surface area contributed by atoms with Crippen molar-refractivity contribution in [3.05, 3.63) is 24.3 Å². The fraction of sp³-hybridized carbons (Fsp3) is 0.500. The van der Waals surface area contributed by atoms with Crippen LogP contribution in [0.25, 0.3) is 0 Å². The molecule has 1 fully saturated rings. The molecular formula is C14H20N2O2S. The van der Waals surface area contributed by atoms with E-state index in [2.05, 4.69) is 10.2 Å². The van der Waals surface area contributed by atoms with Crippen molar-refractivity contribution in [2.45, 2.75) is 12.8 Å². The topological polar surface area (TPSA) is 44.7 Å². The van der Waals surface area contributed by atoms with Gasteiger partial charge in [0.05, 0.1) is 7.11 Å². The summed E-state index contributed by atoms with van der Waals surface area (Å²) in [5, 5.41) is 13.2. The predicted molar refractivity (Wildman–Crippen MR) is 80.6 cm³/mol. The zero-order valence-electron chi connectivity index (χ0n) is 11.1. The SMILES string of the molecule is COc1cccc(NC(=S)N2CCCC(CO)C2)c1. The molecule has 1 aromatic carbocycles. The average molecular weight is 280 g/mol. The molecule has 0 aromatic heterocycles. The van der Waals surface area contributed by atoms with Gasteiger partial charge in [-0.1, -0.05) is 6.07 Å². The Kier molecular flexibility index (Phi) is 4.99. The molecular weight excluding hydrogens is 260 g/mol. The van der Waals surface area contributed by atoms with Crippen molar-refractivity contribution in [3.8, 4) is 5.75 Å². The highest BCUT2D eigenvalue weighted by molar-refractivity contribution is 7.80. The molecule has 2 rings (SSSR count). The van der Waals surface area contributed by atoms with E-state index in [1.54, 1.807) is 7.11 Å². The number of hydrogen-bond donors (Lipinski definition) is 2. The third-order valence-corrected chi connectivity index (χ3v) is 3.75. The fourth-order valence-corrected chi connectivity index (χ4v) is 2.59. The minimum atomic E-state index is 0.234. The Hall–Kier alpha value is -1.33. The number of hydrogen-bond acceptors (Lipinski definition) is 3. The molecule has 19 heavy (non-hydrogen) atoms. The van der Waals surface area contributed by atoms with Crippen LogP contribution < -0.4 is 10.1 Å². The van der Waals surface area contributed by atoms with Gasteiger partial charge in [-0.05, 0) is 43.1 Å². The molecule has 1 unspecified atom stereocenters. The Bertz CT molecular complexity index is 439. The quantitative estimate of drug-likeness (QED) is 0.830. The van der Waals surface area contributed by atoms with Crippen LogP contribution >= 0.6 is 12.2 Å². The van der Waals surface area contributed by atoms with Crippen LogP contribution in [0.5, 0.6) is 5.75 Å². The van der Waals surface area contributed by atoms with Gasteiger partial charge < -0.3 is 20.1 Å². The van der Waals surface area contributed by atoms with E-state index in [1.165, 1.54) is 0 Å². The van der Waals surface area contributed by atoms with Gasteiger partial charge in [-0.25, -0.2) is 0 Å². The highest BCUT2D eigenvalue weighted by Crippen LogP contribution is 2.20. The zero-order chi connectivity index (χ0) is 13.7. The molecule has 5 heteroatoms. The van der Waals surface area contributed by atoms with Crippen molar-refractivity contribution in [2.75, 3.05) is 32.1 Å². The lowest BCUT2D eigenvalue weighted by Crippen LogP contribution is -2.43. The van der Waals surface area contributed by atoms with Gasteiger partial charge in [-0.3, -0.25) is 0 Å². The van der Waals surface area contributed by atoms with E-state index >= 15 is 0 Å². The summed E-state index contributed by atoms with van der Waals surface area (Å²) in [6.07, 6.45) is 2.15. The first kappa shape index (κ1) is 14.1. The molecule has 1 aromatic rings. The molecule has 0 aliphatic carbocycles. The largest absolute Gasteiger partial charge is 0.497 e. The van der Waals surface area contributed by atoms with Crippen LogP contribution in [0.2, 0.25) is 0 Å². The van der Waals surface area contributed by atoms with Crippen molar-refractivity contribution in [3.63, 3.8) is 0 Å². The molecule has 0 bridgehead atoms. The van der Waals surface area contributed by atoms with Crippen LogP contribution in [0.4, 0.5) is 5.69 Å². The molecule has 0 spiro atoms. The molecule has 1 aliphatic rings. The first-order valence-electron chi connectivity index (χ1n) is 6.53. The number of thiocarbonyl (C=S) groups is 1. The maximum atomic E-state index is 9.24. The van der Waals surface area contributed by atoms with Crippen LogP contribution in [-0.2, 0) is 0 Å². The minimum Gasteiger partial charge on any atom is -0.497 e. The Labute approximate surface area is 119 Å². The summed E-state index contributed by atoms with van der Waals surface area (Å²) in [6, 6.07) is 7.70. The van der Waals surface area contributed by atoms with E-state index in [9.17, 15) is 5.11 Å². The number of piperidine rings is 1. The van der Waals surface area contributed by atoms with Gasteiger partial charge in [0.25, 0.3) is 0 Å². The van der Waals surface area contributed by atoms with E-state index in [0.29, 0.717) is 11.0 Å². The first-order valence-corrected chi connectivity index (χ1v) is 6.94. The summed E-state index contributed by atoms with van der Waals surface area (Å²) in [6.45, 7) is 2.01. The summed E-state index contributed by atoms with van der Waals surface area (Å²) < 4.78 is 5.19. The number of likely N-dealkylation sites (tertiary alicyclic amines) is 1. The summed E-state index contributed by atoms with van der Waals surface area (Å²) in [5.41, 5.74) is 0.926. The molecule has 0 amide bonds. The van der Waals surface area contributed by atoms with Crippen molar-refractivity contribution in [1.29, 1.82) is 0 Å². The second-order valence-corrected chi connectivity index (χ2v) is 5.19. The molecule has 2 N–H and O–H groups in total. The van der Waals surface area contributed by atoms with Crippen LogP contribution in [0.15, 0.2) is 24.3 Å². The minimum absolute atomic E-state index is 0.234. The van der Waals surface area contributed by atoms with Gasteiger partial charge in [0.2, 0.25) is 0 Å². The monoisotopic (exact) mass is 280 g/mol. The van der Waals surface area contributed by atoms with Crippen molar-refractivity contribution in [2.24, 2.45) is 5.92 Å². The van der Waals surface area contributed by atoms with Gasteiger partial charge in [0, 0.05) is 31.5 Å². The molecule has 1 aliphatic heterocycles. The van der Waals surface area contributed by atoms with Crippen LogP contribution in [0.1, 0.15) is 12.8 Å². The lowest BCUT2D eigenvalue weighted by Gasteiger charge is -2.33. The number of aliphatic hydroxyl groups is 1. The van der Waals surface area contributed by atoms with Crippen LogP contribution in [-0.4, -0.2) is 41.9 Å². The van der Waals surface area contributed by atoms with E-state index in [-0.39, 0.29) is 6.61 Å². The summed E-state index contributed by atoms with van der Waals surface area (Å²) in [7, 11) is 1.65. The van der Waals surface area contributed by atoms with Crippen LogP contribution in [0, 0.1) is 5.92 Å². The van der Waals surface area contributed by atoms with Gasteiger partial charge in [-0.15, -0.1) is 0 Å². The highest BCUT2D eigenvalue weighted by atomic mass is 32.1. The summed E-state index contributed by atoms with van der Waals surface area (Å²) in [5.74, 6) is 1.14.